The molecule has 3 aromatic heterocycles. The molecule has 0 aliphatic heterocycles. The number of imidazole rings is 1. The maximum Gasteiger partial charge on any atom is 0.435 e. The van der Waals surface area contributed by atoms with Crippen molar-refractivity contribution < 1.29 is 23.2 Å². The molecule has 0 aliphatic carbocycles. The van der Waals surface area contributed by atoms with Crippen molar-refractivity contribution in [1.82, 2.24) is 24.8 Å². The number of aryl methyl sites for hydroxylation is 1. The summed E-state index contributed by atoms with van der Waals surface area (Å²) in [5.41, 5.74) is 1.99. The number of rotatable bonds is 4. The molecule has 0 aliphatic rings. The number of nitrogens with one attached hydrogen (secondary N) is 2. The summed E-state index contributed by atoms with van der Waals surface area (Å²) in [5.74, 6) is -0.612. The second kappa shape index (κ2) is 7.69. The molecule has 158 valence electrons. The summed E-state index contributed by atoms with van der Waals surface area (Å²) in [5, 5.41) is 11.5. The van der Waals surface area contributed by atoms with Gasteiger partial charge in [-0.2, -0.15) is 13.2 Å². The molecule has 0 saturated carbocycles. The Morgan fingerprint density at radius 3 is 2.52 bits per heavy atom. The molecule has 0 spiro atoms. The molecule has 3 N–H and O–H groups in total. The van der Waals surface area contributed by atoms with Crippen LogP contribution in [0.5, 0.6) is 0 Å². The van der Waals surface area contributed by atoms with Gasteiger partial charge in [-0.3, -0.25) is 14.4 Å². The molecule has 11 heteroatoms. The Bertz CT molecular complexity index is 1270. The zero-order valence-electron chi connectivity index (χ0n) is 16.0. The van der Waals surface area contributed by atoms with Crippen LogP contribution in [0.15, 0.2) is 54.9 Å². The lowest BCUT2D eigenvalue weighted by Crippen LogP contribution is -2.18. The van der Waals surface area contributed by atoms with Crippen LogP contribution in [-0.4, -0.2) is 30.5 Å². The summed E-state index contributed by atoms with van der Waals surface area (Å²) in [7, 11) is 0. The number of alkyl halides is 3. The first kappa shape index (κ1) is 20.3. The van der Waals surface area contributed by atoms with Gasteiger partial charge >= 0.3 is 6.18 Å². The lowest BCUT2D eigenvalue weighted by molar-refractivity contribution is -0.140. The summed E-state index contributed by atoms with van der Waals surface area (Å²) >= 11 is 0. The second-order valence-corrected chi connectivity index (χ2v) is 6.65. The van der Waals surface area contributed by atoms with Crippen LogP contribution in [0, 0.1) is 6.92 Å². The van der Waals surface area contributed by atoms with Crippen LogP contribution in [0.25, 0.3) is 17.0 Å². The topological polar surface area (TPSA) is 104 Å². The van der Waals surface area contributed by atoms with E-state index in [1.165, 1.54) is 40.5 Å². The second-order valence-electron chi connectivity index (χ2n) is 6.65. The first-order valence-corrected chi connectivity index (χ1v) is 8.97. The van der Waals surface area contributed by atoms with Gasteiger partial charge in [0.05, 0.1) is 5.69 Å². The lowest BCUT2D eigenvalue weighted by atomic mass is 10.2. The maximum absolute atomic E-state index is 13.7. The van der Waals surface area contributed by atoms with Crippen LogP contribution in [0.1, 0.15) is 21.6 Å². The molecule has 0 bridgehead atoms. The highest BCUT2D eigenvalue weighted by atomic mass is 19.4. The number of aromatic nitrogens is 4. The highest BCUT2D eigenvalue weighted by Gasteiger charge is 2.38. The van der Waals surface area contributed by atoms with Gasteiger partial charge in [0.2, 0.25) is 5.95 Å². The molecule has 0 fully saturated rings. The Kier molecular flexibility index (Phi) is 5.03. The van der Waals surface area contributed by atoms with Gasteiger partial charge < -0.3 is 5.32 Å². The van der Waals surface area contributed by atoms with Crippen LogP contribution in [0.4, 0.5) is 24.8 Å². The first-order chi connectivity index (χ1) is 14.8. The first-order valence-electron chi connectivity index (χ1n) is 8.97. The molecule has 0 saturated heterocycles. The molecular formula is C20H15F3N6O2. The highest BCUT2D eigenvalue weighted by Crippen LogP contribution is 2.37. The molecule has 0 unspecified atom stereocenters. The van der Waals surface area contributed by atoms with Gasteiger partial charge in [0.1, 0.15) is 11.3 Å². The minimum absolute atomic E-state index is 0.0393. The number of carbonyl (C=O) groups excluding carboxylic acids is 1. The SMILES string of the molecule is Cc1ccn2c(-c3ccnc(Nc4ccc(C(=O)NO)cc4)n3)c(C(F)(F)F)nc2c1. The Labute approximate surface area is 173 Å². The summed E-state index contributed by atoms with van der Waals surface area (Å²) < 4.78 is 42.3. The summed E-state index contributed by atoms with van der Waals surface area (Å²) in [6.45, 7) is 1.77. The molecule has 8 nitrogen and oxygen atoms in total. The van der Waals surface area contributed by atoms with E-state index in [0.29, 0.717) is 5.69 Å². The molecule has 0 atom stereocenters. The highest BCUT2D eigenvalue weighted by molar-refractivity contribution is 5.93. The predicted molar refractivity (Wildman–Crippen MR) is 105 cm³/mol. The van der Waals surface area contributed by atoms with Gasteiger partial charge in [0.15, 0.2) is 5.69 Å². The number of benzene rings is 1. The van der Waals surface area contributed by atoms with E-state index in [4.69, 9.17) is 5.21 Å². The molecule has 3 heterocycles. The van der Waals surface area contributed by atoms with E-state index in [9.17, 15) is 18.0 Å². The average molecular weight is 428 g/mol. The van der Waals surface area contributed by atoms with E-state index in [0.717, 1.165) is 5.56 Å². The average Bonchev–Trinajstić information content (AvgIpc) is 3.13. The molecule has 4 rings (SSSR count). The fourth-order valence-electron chi connectivity index (χ4n) is 3.04. The fraction of sp³-hybridized carbons (Fsp3) is 0.100. The van der Waals surface area contributed by atoms with Gasteiger partial charge in [-0.25, -0.2) is 20.4 Å². The Morgan fingerprint density at radius 2 is 1.84 bits per heavy atom. The number of pyridine rings is 1. The summed E-state index contributed by atoms with van der Waals surface area (Å²) in [4.78, 5) is 23.4. The van der Waals surface area contributed by atoms with Crippen molar-refractivity contribution in [1.29, 1.82) is 0 Å². The van der Waals surface area contributed by atoms with Crippen LogP contribution >= 0.6 is 0 Å². The zero-order valence-corrected chi connectivity index (χ0v) is 16.0. The number of halogens is 3. The maximum atomic E-state index is 13.7. The number of carbonyl (C=O) groups is 1. The van der Waals surface area contributed by atoms with E-state index in [1.807, 2.05) is 0 Å². The molecule has 1 amide bonds. The number of hydrogen-bond acceptors (Lipinski definition) is 6. The van der Waals surface area contributed by atoms with Crippen molar-refractivity contribution in [2.45, 2.75) is 13.1 Å². The molecule has 1 aromatic carbocycles. The van der Waals surface area contributed by atoms with Crippen molar-refractivity contribution in [2.24, 2.45) is 0 Å². The van der Waals surface area contributed by atoms with Gasteiger partial charge in [0, 0.05) is 23.6 Å². The number of nitrogens with zero attached hydrogens (tertiary/aromatic N) is 4. The van der Waals surface area contributed by atoms with Crippen molar-refractivity contribution in [2.75, 3.05) is 5.32 Å². The predicted octanol–water partition coefficient (Wildman–Crippen LogP) is 3.98. The van der Waals surface area contributed by atoms with Gasteiger partial charge in [-0.1, -0.05) is 0 Å². The monoisotopic (exact) mass is 428 g/mol. The van der Waals surface area contributed by atoms with Gasteiger partial charge in [-0.05, 0) is 55.0 Å². The molecule has 31 heavy (non-hydrogen) atoms. The Hall–Kier alpha value is -3.99. The van der Waals surface area contributed by atoms with Crippen LogP contribution < -0.4 is 10.8 Å². The van der Waals surface area contributed by atoms with Gasteiger partial charge in [-0.15, -0.1) is 0 Å². The zero-order chi connectivity index (χ0) is 22.2. The molecule has 0 radical (unpaired) electrons. The van der Waals surface area contributed by atoms with Crippen molar-refractivity contribution >= 4 is 23.2 Å². The van der Waals surface area contributed by atoms with E-state index < -0.39 is 17.8 Å². The van der Waals surface area contributed by atoms with Crippen LogP contribution in [0.2, 0.25) is 0 Å². The normalized spacial score (nSPS) is 11.5. The van der Waals surface area contributed by atoms with Crippen molar-refractivity contribution in [3.05, 3.63) is 71.7 Å². The largest absolute Gasteiger partial charge is 0.435 e. The number of amides is 1. The van der Waals surface area contributed by atoms with E-state index >= 15 is 0 Å². The number of fused-ring (bicyclic) bond motifs is 1. The number of hydroxylamine groups is 1. The summed E-state index contributed by atoms with van der Waals surface area (Å²) in [6.07, 6.45) is -1.81. The molecule has 4 aromatic rings. The Morgan fingerprint density at radius 1 is 1.10 bits per heavy atom. The van der Waals surface area contributed by atoms with E-state index in [1.54, 1.807) is 31.2 Å². The minimum atomic E-state index is -4.67. The van der Waals surface area contributed by atoms with Crippen molar-refractivity contribution in [3.8, 4) is 11.4 Å². The third-order valence-electron chi connectivity index (χ3n) is 4.45. The lowest BCUT2D eigenvalue weighted by Gasteiger charge is -2.10. The van der Waals surface area contributed by atoms with E-state index in [-0.39, 0.29) is 28.5 Å². The quantitative estimate of drug-likeness (QED) is 0.336. The van der Waals surface area contributed by atoms with Crippen LogP contribution in [-0.2, 0) is 6.18 Å². The fourth-order valence-corrected chi connectivity index (χ4v) is 3.04. The van der Waals surface area contributed by atoms with Crippen LogP contribution in [0.3, 0.4) is 0 Å². The third kappa shape index (κ3) is 4.03. The standard InChI is InChI=1S/C20H15F3N6O2/c1-11-7-9-29-15(10-11)27-17(20(21,22)23)16(29)14-6-8-24-19(26-14)25-13-4-2-12(3-5-13)18(30)28-31/h2-10,31H,1H3,(H,28,30)(H,24,25,26). The van der Waals surface area contributed by atoms with E-state index in [2.05, 4.69) is 20.3 Å². The number of anilines is 2. The van der Waals surface area contributed by atoms with Gasteiger partial charge in [0.25, 0.3) is 5.91 Å². The third-order valence-corrected chi connectivity index (χ3v) is 4.45. The Balaban J connectivity index is 1.73. The minimum Gasteiger partial charge on any atom is -0.324 e. The smallest absolute Gasteiger partial charge is 0.324 e. The summed E-state index contributed by atoms with van der Waals surface area (Å²) in [6, 6.07) is 10.6. The van der Waals surface area contributed by atoms with Crippen molar-refractivity contribution in [3.63, 3.8) is 0 Å². The number of hydrogen-bond donors (Lipinski definition) is 3. The molecular weight excluding hydrogens is 413 g/mol.